The van der Waals surface area contributed by atoms with Crippen molar-refractivity contribution in [2.45, 2.75) is 78.0 Å². The molecule has 2 N–H and O–H groups in total. The minimum absolute atomic E-state index is 0.0896. The number of halogens is 2. The first kappa shape index (κ1) is 34.8. The molecule has 0 radical (unpaired) electrons. The number of nitrogens with zero attached hydrogens (tertiary/aromatic N) is 6. The highest BCUT2D eigenvalue weighted by Gasteiger charge is 2.32. The second kappa shape index (κ2) is 13.8. The predicted octanol–water partition coefficient (Wildman–Crippen LogP) is 7.82. The normalized spacial score (nSPS) is 16.6. The minimum Gasteiger partial charge on any atom is -0.459 e. The molecule has 2 aliphatic heterocycles. The van der Waals surface area contributed by atoms with E-state index in [9.17, 15) is 10.1 Å². The van der Waals surface area contributed by atoms with Crippen LogP contribution in [0.4, 0.5) is 20.0 Å². The third-order valence-electron chi connectivity index (χ3n) is 9.04. The number of hydrogen-bond donors (Lipinski definition) is 2. The van der Waals surface area contributed by atoms with Crippen molar-refractivity contribution in [2.24, 2.45) is 0 Å². The number of aromatic nitrogens is 4. The number of benzene rings is 2. The average molecular weight is 731 g/mol. The van der Waals surface area contributed by atoms with E-state index in [1.54, 1.807) is 33.0 Å². The van der Waals surface area contributed by atoms with Gasteiger partial charge in [-0.2, -0.15) is 25.4 Å². The van der Waals surface area contributed by atoms with Crippen molar-refractivity contribution < 1.29 is 23.4 Å². The molecule has 0 bridgehead atoms. The summed E-state index contributed by atoms with van der Waals surface area (Å²) < 4.78 is 33.5. The molecule has 12 nitrogen and oxygen atoms in total. The van der Waals surface area contributed by atoms with Gasteiger partial charge in [-0.3, -0.25) is 10.2 Å². The summed E-state index contributed by atoms with van der Waals surface area (Å²) in [5.41, 5.74) is 3.04. The molecule has 3 aromatic heterocycles. The van der Waals surface area contributed by atoms with E-state index in [2.05, 4.69) is 38.8 Å². The lowest BCUT2D eigenvalue weighted by Crippen LogP contribution is -2.38. The van der Waals surface area contributed by atoms with Crippen molar-refractivity contribution >= 4 is 60.8 Å². The zero-order chi connectivity index (χ0) is 36.0. The van der Waals surface area contributed by atoms with Crippen LogP contribution in [0.3, 0.4) is 0 Å². The Morgan fingerprint density at radius 1 is 1.24 bits per heavy atom. The zero-order valence-electron chi connectivity index (χ0n) is 28.8. The van der Waals surface area contributed by atoms with Gasteiger partial charge in [-0.15, -0.1) is 11.3 Å². The lowest BCUT2D eigenvalue weighted by atomic mass is 9.91. The van der Waals surface area contributed by atoms with Gasteiger partial charge in [0.2, 0.25) is 0 Å². The van der Waals surface area contributed by atoms with Crippen molar-refractivity contribution in [3.63, 3.8) is 0 Å². The molecule has 15 heteroatoms. The lowest BCUT2D eigenvalue weighted by molar-refractivity contribution is 0.0636. The molecule has 51 heavy (non-hydrogen) atoms. The summed E-state index contributed by atoms with van der Waals surface area (Å²) in [5.74, 6) is -0.0548. The van der Waals surface area contributed by atoms with Crippen molar-refractivity contribution in [3.8, 4) is 23.2 Å². The van der Waals surface area contributed by atoms with E-state index in [1.807, 2.05) is 19.1 Å². The maximum absolute atomic E-state index is 15.5. The van der Waals surface area contributed by atoms with Crippen LogP contribution in [0.15, 0.2) is 30.5 Å². The standard InChI is InChI=1S/C36H36ClFN8O4S/c1-18(25-9-7-13-46(25)5)49-34-42-30-28(32(43-34)40-15-19-8-6-12-41-45-19)23-17-48-16-22(23)26(29(30)37)20-10-11-24(38)31-27(20)21(14-39)33(51-31)44-35(47)50-36(2,3)4/h6,8,10-12,18,25H,7,9,13,15-17H2,1-5H3,(H,44,47)(H,40,42,43)/t18-,25-/m0/s1. The van der Waals surface area contributed by atoms with Crippen LogP contribution in [0.25, 0.3) is 32.1 Å². The van der Waals surface area contributed by atoms with Gasteiger partial charge in [0.15, 0.2) is 0 Å². The highest BCUT2D eigenvalue weighted by Crippen LogP contribution is 2.49. The average Bonchev–Trinajstić information content (AvgIpc) is 3.83. The topological polar surface area (TPSA) is 147 Å². The molecule has 0 spiro atoms. The van der Waals surface area contributed by atoms with E-state index >= 15 is 4.39 Å². The van der Waals surface area contributed by atoms with Crippen LogP contribution in [0.2, 0.25) is 5.02 Å². The maximum Gasteiger partial charge on any atom is 0.412 e. The van der Waals surface area contributed by atoms with Crippen LogP contribution in [0.1, 0.15) is 62.9 Å². The second-order valence-electron chi connectivity index (χ2n) is 13.6. The molecule has 2 atom stereocenters. The van der Waals surface area contributed by atoms with Crippen LogP contribution in [0.5, 0.6) is 6.01 Å². The zero-order valence-corrected chi connectivity index (χ0v) is 30.3. The van der Waals surface area contributed by atoms with Gasteiger partial charge in [-0.25, -0.2) is 9.18 Å². The summed E-state index contributed by atoms with van der Waals surface area (Å²) in [6, 6.07) is 9.11. The highest BCUT2D eigenvalue weighted by atomic mass is 35.5. The monoisotopic (exact) mass is 730 g/mol. The smallest absolute Gasteiger partial charge is 0.412 e. The maximum atomic E-state index is 15.5. The first-order valence-corrected chi connectivity index (χ1v) is 17.8. The van der Waals surface area contributed by atoms with Crippen molar-refractivity contribution in [1.29, 1.82) is 5.26 Å². The molecule has 1 saturated heterocycles. The summed E-state index contributed by atoms with van der Waals surface area (Å²) in [4.78, 5) is 24.8. The fourth-order valence-electron chi connectivity index (χ4n) is 6.82. The molecule has 2 aromatic carbocycles. The number of carbonyl (C=O) groups excluding carboxylic acids is 1. The summed E-state index contributed by atoms with van der Waals surface area (Å²) in [6.45, 7) is 8.96. The summed E-state index contributed by atoms with van der Waals surface area (Å²) >= 11 is 8.34. The Morgan fingerprint density at radius 2 is 2.04 bits per heavy atom. The van der Waals surface area contributed by atoms with E-state index in [4.69, 9.17) is 35.8 Å². The number of rotatable bonds is 8. The molecular weight excluding hydrogens is 695 g/mol. The Hall–Kier alpha value is -4.68. The van der Waals surface area contributed by atoms with E-state index in [0.717, 1.165) is 41.9 Å². The molecule has 2 aliphatic rings. The molecule has 0 saturated carbocycles. The Morgan fingerprint density at radius 3 is 2.75 bits per heavy atom. The number of thiophene rings is 1. The number of carbonyl (C=O) groups is 1. The summed E-state index contributed by atoms with van der Waals surface area (Å²) in [6.07, 6.45) is 2.71. The third-order valence-corrected chi connectivity index (χ3v) is 10.5. The third kappa shape index (κ3) is 6.74. The van der Waals surface area contributed by atoms with Crippen LogP contribution in [-0.2, 0) is 29.2 Å². The fourth-order valence-corrected chi connectivity index (χ4v) is 8.24. The summed E-state index contributed by atoms with van der Waals surface area (Å²) in [5, 5.41) is 26.0. The molecule has 0 unspecified atom stereocenters. The molecule has 7 rings (SSSR count). The first-order valence-electron chi connectivity index (χ1n) is 16.6. The van der Waals surface area contributed by atoms with Crippen molar-refractivity contribution in [3.05, 3.63) is 63.7 Å². The lowest BCUT2D eigenvalue weighted by Gasteiger charge is -2.26. The fraction of sp³-hybridized carbons (Fsp3) is 0.389. The number of amides is 1. The molecule has 1 fully saturated rings. The Labute approximate surface area is 302 Å². The SMILES string of the molecule is C[C@H](Oc1nc(NCc2cccnn2)c2c3c(c(-c4ccc(F)c5sc(NC(=O)OC(C)(C)C)c(C#N)c45)c(Cl)c2n1)COC3)[C@@H]1CCCN1C. The highest BCUT2D eigenvalue weighted by molar-refractivity contribution is 7.23. The van der Waals surface area contributed by atoms with Crippen molar-refractivity contribution in [1.82, 2.24) is 25.1 Å². The number of hydrogen-bond acceptors (Lipinski definition) is 12. The molecule has 264 valence electrons. The molecule has 5 aromatic rings. The first-order chi connectivity index (χ1) is 24.4. The van der Waals surface area contributed by atoms with Crippen molar-refractivity contribution in [2.75, 3.05) is 24.2 Å². The van der Waals surface area contributed by atoms with Gasteiger partial charge in [0.25, 0.3) is 0 Å². The van der Waals surface area contributed by atoms with Gasteiger partial charge in [0, 0.05) is 23.2 Å². The number of anilines is 2. The number of likely N-dealkylation sites (N-methyl/N-ethyl adjacent to an activating group) is 1. The Kier molecular flexibility index (Phi) is 9.40. The number of nitrogens with one attached hydrogen (secondary N) is 2. The minimum atomic E-state index is -0.777. The summed E-state index contributed by atoms with van der Waals surface area (Å²) in [7, 11) is 2.08. The molecule has 0 aliphatic carbocycles. The Bertz CT molecular complexity index is 2200. The Balaban J connectivity index is 1.41. The largest absolute Gasteiger partial charge is 0.459 e. The van der Waals surface area contributed by atoms with E-state index < -0.39 is 17.5 Å². The molecule has 5 heterocycles. The van der Waals surface area contributed by atoms with Gasteiger partial charge in [0.05, 0.1) is 51.6 Å². The van der Waals surface area contributed by atoms with E-state index in [0.29, 0.717) is 45.5 Å². The van der Waals surface area contributed by atoms with Gasteiger partial charge < -0.3 is 19.5 Å². The van der Waals surface area contributed by atoms with Crippen LogP contribution >= 0.6 is 22.9 Å². The van der Waals surface area contributed by atoms with E-state index in [-0.39, 0.29) is 51.7 Å². The van der Waals surface area contributed by atoms with Crippen LogP contribution < -0.4 is 15.4 Å². The number of ether oxygens (including phenoxy) is 3. The number of fused-ring (bicyclic) bond motifs is 4. The van der Waals surface area contributed by atoms with Gasteiger partial charge >= 0.3 is 12.1 Å². The van der Waals surface area contributed by atoms with Crippen LogP contribution in [-0.4, -0.2) is 62.5 Å². The van der Waals surface area contributed by atoms with Gasteiger partial charge in [-0.05, 0) is 89.0 Å². The second-order valence-corrected chi connectivity index (χ2v) is 15.0. The molecule has 1 amide bonds. The van der Waals surface area contributed by atoms with Gasteiger partial charge in [0.1, 0.15) is 34.4 Å². The van der Waals surface area contributed by atoms with Gasteiger partial charge in [-0.1, -0.05) is 17.7 Å². The number of nitriles is 1. The predicted molar refractivity (Wildman–Crippen MR) is 193 cm³/mol. The van der Waals surface area contributed by atoms with Crippen LogP contribution in [0, 0.1) is 17.1 Å². The number of likely N-dealkylation sites (tertiary alicyclic amines) is 1. The van der Waals surface area contributed by atoms with E-state index in [1.165, 1.54) is 6.07 Å². The quantitative estimate of drug-likeness (QED) is 0.161. The molecular formula is C36H36ClFN8O4S.